The molecular weight excluding hydrogens is 488 g/mol. The number of likely N-dealkylation sites (tertiary alicyclic amines) is 1. The van der Waals surface area contributed by atoms with E-state index in [4.69, 9.17) is 15.5 Å². The number of amides is 1. The fourth-order valence-electron chi connectivity index (χ4n) is 4.94. The van der Waals surface area contributed by atoms with E-state index in [9.17, 15) is 14.7 Å². The molecule has 0 saturated carbocycles. The zero-order chi connectivity index (χ0) is 25.9. The highest BCUT2D eigenvalue weighted by Crippen LogP contribution is 2.36. The molecule has 8 nitrogen and oxygen atoms in total. The van der Waals surface area contributed by atoms with Crippen molar-refractivity contribution < 1.29 is 19.4 Å². The lowest BCUT2D eigenvalue weighted by Crippen LogP contribution is -2.36. The Balaban J connectivity index is 1.29. The molecule has 1 amide bonds. The van der Waals surface area contributed by atoms with Crippen LogP contribution in [-0.2, 0) is 11.4 Å². The van der Waals surface area contributed by atoms with Crippen LogP contribution in [0.3, 0.4) is 0 Å². The van der Waals surface area contributed by atoms with Crippen LogP contribution in [0.5, 0.6) is 5.75 Å². The zero-order valence-corrected chi connectivity index (χ0v) is 21.8. The number of thiazole rings is 1. The van der Waals surface area contributed by atoms with E-state index in [-0.39, 0.29) is 18.4 Å². The summed E-state index contributed by atoms with van der Waals surface area (Å²) in [6, 6.07) is 11.5. The van der Waals surface area contributed by atoms with Gasteiger partial charge in [0, 0.05) is 53.9 Å². The number of carboxylic acids is 1. The van der Waals surface area contributed by atoms with Crippen LogP contribution >= 0.6 is 11.3 Å². The van der Waals surface area contributed by atoms with E-state index in [0.717, 1.165) is 53.4 Å². The van der Waals surface area contributed by atoms with Crippen molar-refractivity contribution in [2.45, 2.75) is 39.2 Å². The Morgan fingerprint density at radius 2 is 1.86 bits per heavy atom. The van der Waals surface area contributed by atoms with E-state index in [1.807, 2.05) is 41.5 Å². The third kappa shape index (κ3) is 5.56. The number of nitrogens with two attached hydrogens (primary N) is 1. The summed E-state index contributed by atoms with van der Waals surface area (Å²) in [5.74, 6) is -0.241. The lowest BCUT2D eigenvalue weighted by atomic mass is 9.97. The van der Waals surface area contributed by atoms with Gasteiger partial charge in [-0.3, -0.25) is 9.59 Å². The predicted octanol–water partition coefficient (Wildman–Crippen LogP) is 4.82. The first-order chi connectivity index (χ1) is 17.9. The number of aromatic nitrogens is 1. The third-order valence-electron chi connectivity index (χ3n) is 7.19. The zero-order valence-electron chi connectivity index (χ0n) is 21.0. The summed E-state index contributed by atoms with van der Waals surface area (Å²) in [7, 11) is 0. The Labute approximate surface area is 220 Å². The molecule has 2 aliphatic heterocycles. The molecule has 37 heavy (non-hydrogen) atoms. The molecule has 2 fully saturated rings. The Kier molecular flexibility index (Phi) is 7.32. The molecule has 9 heteroatoms. The number of carbonyl (C=O) groups excluding carboxylic acids is 1. The number of hydrogen-bond donors (Lipinski definition) is 2. The standard InChI is InChI=1S/C28H32N4O4S/c1-18-4-7-25(36-16-21-6-5-20(15-23(21)29)26(33)31-10-2-3-11-31)22(14-18)24-17-37-28(30-24)32-12-8-19(9-13-32)27(34)35/h4-7,14-15,17,19H,2-3,8-13,16,29H2,1H3,(H,34,35). The summed E-state index contributed by atoms with van der Waals surface area (Å²) in [6.07, 6.45) is 3.37. The summed E-state index contributed by atoms with van der Waals surface area (Å²) >= 11 is 1.56. The Hall–Kier alpha value is -3.59. The summed E-state index contributed by atoms with van der Waals surface area (Å²) < 4.78 is 6.22. The van der Waals surface area contributed by atoms with Crippen molar-refractivity contribution >= 4 is 34.0 Å². The van der Waals surface area contributed by atoms with Gasteiger partial charge in [0.2, 0.25) is 0 Å². The first kappa shape index (κ1) is 25.1. The monoisotopic (exact) mass is 520 g/mol. The number of nitrogens with zero attached hydrogens (tertiary/aromatic N) is 3. The van der Waals surface area contributed by atoms with E-state index >= 15 is 0 Å². The number of carbonyl (C=O) groups is 2. The van der Waals surface area contributed by atoms with Gasteiger partial charge in [-0.1, -0.05) is 17.7 Å². The van der Waals surface area contributed by atoms with Crippen LogP contribution in [0, 0.1) is 12.8 Å². The second kappa shape index (κ2) is 10.8. The van der Waals surface area contributed by atoms with Crippen molar-refractivity contribution in [2.24, 2.45) is 5.92 Å². The van der Waals surface area contributed by atoms with Gasteiger partial charge < -0.3 is 25.4 Å². The number of ether oxygens (including phenoxy) is 1. The van der Waals surface area contributed by atoms with Crippen molar-refractivity contribution in [1.29, 1.82) is 0 Å². The highest BCUT2D eigenvalue weighted by atomic mass is 32.1. The largest absolute Gasteiger partial charge is 0.488 e. The van der Waals surface area contributed by atoms with E-state index in [1.165, 1.54) is 0 Å². The van der Waals surface area contributed by atoms with Crippen molar-refractivity contribution in [3.63, 3.8) is 0 Å². The molecule has 0 atom stereocenters. The average Bonchev–Trinajstić information content (AvgIpc) is 3.61. The van der Waals surface area contributed by atoms with Gasteiger partial charge in [0.1, 0.15) is 12.4 Å². The van der Waals surface area contributed by atoms with Crippen LogP contribution in [0.1, 0.15) is 47.2 Å². The Morgan fingerprint density at radius 1 is 1.11 bits per heavy atom. The molecule has 0 bridgehead atoms. The average molecular weight is 521 g/mol. The van der Waals surface area contributed by atoms with Gasteiger partial charge in [0.25, 0.3) is 5.91 Å². The van der Waals surface area contributed by atoms with Crippen LogP contribution < -0.4 is 15.4 Å². The summed E-state index contributed by atoms with van der Waals surface area (Å²) in [4.78, 5) is 32.9. The van der Waals surface area contributed by atoms with E-state index in [2.05, 4.69) is 11.0 Å². The molecule has 3 heterocycles. The number of hydrogen-bond acceptors (Lipinski definition) is 7. The molecule has 3 N–H and O–H groups in total. The Morgan fingerprint density at radius 3 is 2.57 bits per heavy atom. The van der Waals surface area contributed by atoms with Crippen molar-refractivity contribution in [1.82, 2.24) is 9.88 Å². The fourth-order valence-corrected chi connectivity index (χ4v) is 5.82. The molecule has 194 valence electrons. The first-order valence-electron chi connectivity index (χ1n) is 12.7. The lowest BCUT2D eigenvalue weighted by Gasteiger charge is -2.29. The number of nitrogen functional groups attached to an aromatic ring is 1. The minimum absolute atomic E-state index is 0.0315. The topological polar surface area (TPSA) is 109 Å². The van der Waals surface area contributed by atoms with Crippen LogP contribution in [0.4, 0.5) is 10.8 Å². The van der Waals surface area contributed by atoms with Gasteiger partial charge >= 0.3 is 5.97 Å². The Bertz CT molecular complexity index is 1290. The first-order valence-corrected chi connectivity index (χ1v) is 13.6. The van der Waals surface area contributed by atoms with Crippen LogP contribution in [-0.4, -0.2) is 53.0 Å². The van der Waals surface area contributed by atoms with Crippen molar-refractivity contribution in [3.8, 4) is 17.0 Å². The van der Waals surface area contributed by atoms with Crippen LogP contribution in [0.2, 0.25) is 0 Å². The number of rotatable bonds is 7. The molecule has 0 spiro atoms. The van der Waals surface area contributed by atoms with E-state index in [0.29, 0.717) is 42.9 Å². The van der Waals surface area contributed by atoms with Gasteiger partial charge in [-0.2, -0.15) is 0 Å². The third-order valence-corrected chi connectivity index (χ3v) is 8.09. The lowest BCUT2D eigenvalue weighted by molar-refractivity contribution is -0.142. The van der Waals surface area contributed by atoms with E-state index in [1.54, 1.807) is 17.4 Å². The van der Waals surface area contributed by atoms with Gasteiger partial charge in [-0.15, -0.1) is 11.3 Å². The number of carboxylic acid groups (broad SMARTS) is 1. The smallest absolute Gasteiger partial charge is 0.306 e. The fraction of sp³-hybridized carbons (Fsp3) is 0.393. The maximum Gasteiger partial charge on any atom is 0.306 e. The summed E-state index contributed by atoms with van der Waals surface area (Å²) in [5, 5.41) is 12.2. The van der Waals surface area contributed by atoms with Gasteiger partial charge in [0.15, 0.2) is 5.13 Å². The molecule has 2 aliphatic rings. The maximum atomic E-state index is 12.7. The summed E-state index contributed by atoms with van der Waals surface area (Å²) in [5.41, 5.74) is 11.1. The molecule has 0 unspecified atom stereocenters. The van der Waals surface area contributed by atoms with Gasteiger partial charge in [-0.25, -0.2) is 4.98 Å². The van der Waals surface area contributed by atoms with Crippen molar-refractivity contribution in [3.05, 3.63) is 58.5 Å². The van der Waals surface area contributed by atoms with E-state index < -0.39 is 5.97 Å². The summed E-state index contributed by atoms with van der Waals surface area (Å²) in [6.45, 7) is 5.30. The molecule has 0 radical (unpaired) electrons. The number of aryl methyl sites for hydroxylation is 1. The number of benzene rings is 2. The quantitative estimate of drug-likeness (QED) is 0.430. The maximum absolute atomic E-state index is 12.7. The molecular formula is C28H32N4O4S. The molecule has 1 aromatic heterocycles. The second-order valence-corrected chi connectivity index (χ2v) is 10.7. The minimum Gasteiger partial charge on any atom is -0.488 e. The molecule has 2 aromatic carbocycles. The molecule has 5 rings (SSSR count). The molecule has 3 aromatic rings. The number of aliphatic carboxylic acids is 1. The molecule has 2 saturated heterocycles. The highest BCUT2D eigenvalue weighted by molar-refractivity contribution is 7.14. The highest BCUT2D eigenvalue weighted by Gasteiger charge is 2.26. The molecule has 0 aliphatic carbocycles. The SMILES string of the molecule is Cc1ccc(OCc2ccc(C(=O)N3CCCC3)cc2N)c(-c2csc(N3CCC(C(=O)O)CC3)n2)c1. The van der Waals surface area contributed by atoms with Crippen LogP contribution in [0.15, 0.2) is 41.8 Å². The second-order valence-electron chi connectivity index (χ2n) is 9.82. The van der Waals surface area contributed by atoms with Gasteiger partial charge in [-0.05, 0) is 56.9 Å². The van der Waals surface area contributed by atoms with Crippen LogP contribution in [0.25, 0.3) is 11.3 Å². The number of piperidine rings is 1. The number of anilines is 2. The predicted molar refractivity (Wildman–Crippen MR) is 145 cm³/mol. The minimum atomic E-state index is -0.713. The normalized spacial score (nSPS) is 16.2. The van der Waals surface area contributed by atoms with Gasteiger partial charge in [0.05, 0.1) is 11.6 Å². The van der Waals surface area contributed by atoms with Crippen molar-refractivity contribution in [2.75, 3.05) is 36.8 Å².